The highest BCUT2D eigenvalue weighted by Crippen LogP contribution is 2.20. The van der Waals surface area contributed by atoms with E-state index >= 15 is 0 Å². The fraction of sp³-hybridized carbons (Fsp3) is 0.600. The van der Waals surface area contributed by atoms with Gasteiger partial charge in [-0.1, -0.05) is 13.8 Å². The van der Waals surface area contributed by atoms with Crippen LogP contribution in [0.25, 0.3) is 0 Å². The van der Waals surface area contributed by atoms with Gasteiger partial charge < -0.3 is 5.32 Å². The van der Waals surface area contributed by atoms with Crippen LogP contribution in [0, 0.1) is 0 Å². The van der Waals surface area contributed by atoms with E-state index in [1.807, 2.05) is 13.8 Å². The molecule has 0 saturated heterocycles. The first-order valence-corrected chi connectivity index (χ1v) is 5.59. The smallest absolute Gasteiger partial charge is 0.263 e. The van der Waals surface area contributed by atoms with E-state index in [0.29, 0.717) is 10.8 Å². The summed E-state index contributed by atoms with van der Waals surface area (Å²) in [5.74, 6) is 0.366. The number of hydrogen-bond donors (Lipinski definition) is 1. The predicted molar refractivity (Wildman–Crippen MR) is 58.8 cm³/mol. The molecule has 4 heteroatoms. The molecule has 0 aliphatic carbocycles. The van der Waals surface area contributed by atoms with Gasteiger partial charge in [0.25, 0.3) is 5.91 Å². The van der Waals surface area contributed by atoms with Gasteiger partial charge in [-0.3, -0.25) is 4.79 Å². The maximum Gasteiger partial charge on any atom is 0.263 e. The fourth-order valence-electron chi connectivity index (χ4n) is 0.993. The van der Waals surface area contributed by atoms with E-state index in [2.05, 4.69) is 24.1 Å². The Morgan fingerprint density at radius 1 is 1.43 bits per heavy atom. The maximum atomic E-state index is 11.6. The lowest BCUT2D eigenvalue weighted by molar-refractivity contribution is 0.0947. The minimum atomic E-state index is -0.0237. The van der Waals surface area contributed by atoms with Crippen molar-refractivity contribution in [2.75, 3.05) is 0 Å². The number of aromatic nitrogens is 1. The van der Waals surface area contributed by atoms with Crippen LogP contribution in [0.2, 0.25) is 0 Å². The maximum absolute atomic E-state index is 11.6. The Balaban J connectivity index is 2.71. The van der Waals surface area contributed by atoms with Crippen molar-refractivity contribution in [1.29, 1.82) is 0 Å². The van der Waals surface area contributed by atoms with Gasteiger partial charge in [-0.2, -0.15) is 0 Å². The fourth-order valence-corrected chi connectivity index (χ4v) is 1.82. The SMILES string of the molecule is CC(C)NC(=O)c1cnc(C(C)C)s1. The van der Waals surface area contributed by atoms with Gasteiger partial charge in [-0.05, 0) is 13.8 Å². The molecule has 0 radical (unpaired) electrons. The summed E-state index contributed by atoms with van der Waals surface area (Å²) in [6.45, 7) is 8.04. The van der Waals surface area contributed by atoms with Gasteiger partial charge in [-0.25, -0.2) is 4.98 Å². The van der Waals surface area contributed by atoms with E-state index in [4.69, 9.17) is 0 Å². The van der Waals surface area contributed by atoms with Crippen molar-refractivity contribution in [3.8, 4) is 0 Å². The third-order valence-corrected chi connectivity index (χ3v) is 2.96. The monoisotopic (exact) mass is 212 g/mol. The van der Waals surface area contributed by atoms with Crippen molar-refractivity contribution in [2.45, 2.75) is 39.7 Å². The van der Waals surface area contributed by atoms with Crippen molar-refractivity contribution in [3.63, 3.8) is 0 Å². The Labute approximate surface area is 88.6 Å². The van der Waals surface area contributed by atoms with Crippen LogP contribution in [-0.2, 0) is 0 Å². The molecule has 0 saturated carbocycles. The van der Waals surface area contributed by atoms with Crippen molar-refractivity contribution in [3.05, 3.63) is 16.1 Å². The first-order valence-electron chi connectivity index (χ1n) is 4.77. The van der Waals surface area contributed by atoms with Crippen molar-refractivity contribution >= 4 is 17.2 Å². The molecule has 0 fully saturated rings. The molecule has 0 atom stereocenters. The van der Waals surface area contributed by atoms with Gasteiger partial charge in [0.15, 0.2) is 0 Å². The minimum absolute atomic E-state index is 0.0237. The van der Waals surface area contributed by atoms with Crippen LogP contribution in [-0.4, -0.2) is 16.9 Å². The molecule has 3 nitrogen and oxygen atoms in total. The van der Waals surface area contributed by atoms with Crippen molar-refractivity contribution in [2.24, 2.45) is 0 Å². The van der Waals surface area contributed by atoms with Crippen LogP contribution in [0.3, 0.4) is 0 Å². The lowest BCUT2D eigenvalue weighted by atomic mass is 10.2. The first-order chi connectivity index (χ1) is 6.50. The summed E-state index contributed by atoms with van der Waals surface area (Å²) in [6.07, 6.45) is 1.65. The van der Waals surface area contributed by atoms with Crippen LogP contribution in [0.1, 0.15) is 48.3 Å². The van der Waals surface area contributed by atoms with Gasteiger partial charge >= 0.3 is 0 Å². The average Bonchev–Trinajstić information content (AvgIpc) is 2.50. The quantitative estimate of drug-likeness (QED) is 0.836. The van der Waals surface area contributed by atoms with E-state index < -0.39 is 0 Å². The highest BCUT2D eigenvalue weighted by Gasteiger charge is 2.12. The number of nitrogens with one attached hydrogen (secondary N) is 1. The summed E-state index contributed by atoms with van der Waals surface area (Å²) < 4.78 is 0. The Kier molecular flexibility index (Phi) is 3.63. The number of amides is 1. The normalized spacial score (nSPS) is 11.0. The standard InChI is InChI=1S/C10H16N2OS/c1-6(2)10-11-5-8(14-10)9(13)12-7(3)4/h5-7H,1-4H3,(H,12,13). The second-order valence-electron chi connectivity index (χ2n) is 3.85. The zero-order chi connectivity index (χ0) is 10.7. The topological polar surface area (TPSA) is 42.0 Å². The zero-order valence-corrected chi connectivity index (χ0v) is 9.81. The van der Waals surface area contributed by atoms with Crippen molar-refractivity contribution < 1.29 is 4.79 Å². The Morgan fingerprint density at radius 3 is 2.50 bits per heavy atom. The van der Waals surface area contributed by atoms with Crippen LogP contribution < -0.4 is 5.32 Å². The molecule has 0 aliphatic rings. The molecule has 78 valence electrons. The van der Waals surface area contributed by atoms with Gasteiger partial charge in [0.2, 0.25) is 0 Å². The predicted octanol–water partition coefficient (Wildman–Crippen LogP) is 2.40. The van der Waals surface area contributed by atoms with Crippen LogP contribution in [0.4, 0.5) is 0 Å². The highest BCUT2D eigenvalue weighted by molar-refractivity contribution is 7.13. The molecule has 1 amide bonds. The van der Waals surface area contributed by atoms with E-state index in [9.17, 15) is 4.79 Å². The largest absolute Gasteiger partial charge is 0.349 e. The van der Waals surface area contributed by atoms with E-state index in [0.717, 1.165) is 5.01 Å². The second-order valence-corrected chi connectivity index (χ2v) is 4.91. The average molecular weight is 212 g/mol. The highest BCUT2D eigenvalue weighted by atomic mass is 32.1. The number of carbonyl (C=O) groups is 1. The molecule has 0 bridgehead atoms. The molecule has 1 rings (SSSR count). The molecule has 1 N–H and O–H groups in total. The third kappa shape index (κ3) is 2.80. The van der Waals surface area contributed by atoms with Crippen molar-refractivity contribution in [1.82, 2.24) is 10.3 Å². The first kappa shape index (κ1) is 11.2. The summed E-state index contributed by atoms with van der Waals surface area (Å²) >= 11 is 1.47. The van der Waals surface area contributed by atoms with Gasteiger partial charge in [0, 0.05) is 12.0 Å². The molecule has 0 unspecified atom stereocenters. The number of rotatable bonds is 3. The Bertz CT molecular complexity index is 318. The van der Waals surface area contributed by atoms with E-state index in [1.165, 1.54) is 11.3 Å². The molecule has 1 aromatic rings. The van der Waals surface area contributed by atoms with Crippen LogP contribution >= 0.6 is 11.3 Å². The van der Waals surface area contributed by atoms with Gasteiger partial charge in [0.1, 0.15) is 4.88 Å². The summed E-state index contributed by atoms with van der Waals surface area (Å²) in [6, 6.07) is 0.173. The van der Waals surface area contributed by atoms with Crippen LogP contribution in [0.15, 0.2) is 6.20 Å². The van der Waals surface area contributed by atoms with Gasteiger partial charge in [0.05, 0.1) is 11.2 Å². The molecular weight excluding hydrogens is 196 g/mol. The lowest BCUT2D eigenvalue weighted by Crippen LogP contribution is -2.29. The number of hydrogen-bond acceptors (Lipinski definition) is 3. The number of thiazole rings is 1. The Morgan fingerprint density at radius 2 is 2.07 bits per heavy atom. The van der Waals surface area contributed by atoms with E-state index in [-0.39, 0.29) is 11.9 Å². The molecular formula is C10H16N2OS. The summed E-state index contributed by atoms with van der Waals surface area (Å²) in [5, 5.41) is 3.86. The molecule has 0 spiro atoms. The molecule has 1 heterocycles. The number of nitrogens with zero attached hydrogens (tertiary/aromatic N) is 1. The second kappa shape index (κ2) is 4.55. The summed E-state index contributed by atoms with van der Waals surface area (Å²) in [4.78, 5) is 16.4. The van der Waals surface area contributed by atoms with Crippen LogP contribution in [0.5, 0.6) is 0 Å². The Hall–Kier alpha value is -0.900. The van der Waals surface area contributed by atoms with E-state index in [1.54, 1.807) is 6.20 Å². The molecule has 0 aliphatic heterocycles. The summed E-state index contributed by atoms with van der Waals surface area (Å²) in [5.41, 5.74) is 0. The summed E-state index contributed by atoms with van der Waals surface area (Å²) in [7, 11) is 0. The van der Waals surface area contributed by atoms with Gasteiger partial charge in [-0.15, -0.1) is 11.3 Å². The lowest BCUT2D eigenvalue weighted by Gasteiger charge is -2.05. The molecule has 0 aromatic carbocycles. The zero-order valence-electron chi connectivity index (χ0n) is 9.00. The molecule has 14 heavy (non-hydrogen) atoms. The molecule has 1 aromatic heterocycles. The third-order valence-electron chi connectivity index (χ3n) is 1.66. The minimum Gasteiger partial charge on any atom is -0.349 e. The number of carbonyl (C=O) groups excluding carboxylic acids is 1.